The van der Waals surface area contributed by atoms with Gasteiger partial charge in [-0.15, -0.1) is 11.3 Å². The molecule has 132 valence electrons. The van der Waals surface area contributed by atoms with Crippen LogP contribution in [0.5, 0.6) is 0 Å². The molecule has 7 heteroatoms. The maximum absolute atomic E-state index is 13.3. The number of hydrogen-bond acceptors (Lipinski definition) is 4. The highest BCUT2D eigenvalue weighted by Crippen LogP contribution is 2.38. The van der Waals surface area contributed by atoms with Gasteiger partial charge in [0.15, 0.2) is 11.6 Å². The number of nitrogens with one attached hydrogen (secondary N) is 1. The molecule has 1 aromatic carbocycles. The normalized spacial score (nSPS) is 13.2. The fourth-order valence-electron chi connectivity index (χ4n) is 2.89. The number of thiophene rings is 1. The summed E-state index contributed by atoms with van der Waals surface area (Å²) in [5, 5.41) is 3.06. The van der Waals surface area contributed by atoms with Crippen molar-refractivity contribution in [2.45, 2.75) is 32.6 Å². The summed E-state index contributed by atoms with van der Waals surface area (Å²) >= 11 is 1.35. The van der Waals surface area contributed by atoms with Gasteiger partial charge in [0, 0.05) is 10.4 Å². The lowest BCUT2D eigenvalue weighted by Gasteiger charge is -2.12. The van der Waals surface area contributed by atoms with Crippen molar-refractivity contribution in [2.75, 3.05) is 11.9 Å². The molecule has 1 aliphatic rings. The molecule has 0 unspecified atom stereocenters. The van der Waals surface area contributed by atoms with Gasteiger partial charge in [0.1, 0.15) is 5.00 Å². The van der Waals surface area contributed by atoms with E-state index < -0.39 is 23.5 Å². The third-order valence-electron chi connectivity index (χ3n) is 4.06. The third-order valence-corrected chi connectivity index (χ3v) is 5.27. The molecule has 0 bridgehead atoms. The number of fused-ring (bicyclic) bond motifs is 1. The molecule has 0 saturated carbocycles. The maximum atomic E-state index is 13.3. The van der Waals surface area contributed by atoms with E-state index in [4.69, 9.17) is 4.74 Å². The Bertz CT molecular complexity index is 832. The van der Waals surface area contributed by atoms with Crippen LogP contribution in [0, 0.1) is 11.6 Å². The summed E-state index contributed by atoms with van der Waals surface area (Å²) in [6.45, 7) is 1.95. The van der Waals surface area contributed by atoms with E-state index in [1.54, 1.807) is 6.92 Å². The molecule has 0 atom stereocenters. The second-order valence-electron chi connectivity index (χ2n) is 5.72. The van der Waals surface area contributed by atoms with Crippen molar-refractivity contribution in [3.05, 3.63) is 51.4 Å². The van der Waals surface area contributed by atoms with E-state index in [1.807, 2.05) is 0 Å². The van der Waals surface area contributed by atoms with Crippen molar-refractivity contribution in [3.8, 4) is 0 Å². The molecule has 2 aromatic rings. The molecule has 1 amide bonds. The van der Waals surface area contributed by atoms with Crippen LogP contribution in [-0.4, -0.2) is 18.5 Å². The lowest BCUT2D eigenvalue weighted by molar-refractivity contribution is 0.0526. The van der Waals surface area contributed by atoms with Crippen LogP contribution in [0.4, 0.5) is 13.8 Å². The number of amides is 1. The fraction of sp³-hybridized carbons (Fsp3) is 0.333. The minimum absolute atomic E-state index is 0.0138. The summed E-state index contributed by atoms with van der Waals surface area (Å²) in [6.07, 6.45) is 3.63. The molecule has 1 aliphatic carbocycles. The fourth-order valence-corrected chi connectivity index (χ4v) is 4.16. The average molecular weight is 365 g/mol. The van der Waals surface area contributed by atoms with E-state index in [-0.39, 0.29) is 12.2 Å². The lowest BCUT2D eigenvalue weighted by Crippen LogP contribution is -2.16. The third kappa shape index (κ3) is 3.56. The van der Waals surface area contributed by atoms with Gasteiger partial charge in [-0.05, 0) is 56.4 Å². The Balaban J connectivity index is 1.93. The molecule has 0 aliphatic heterocycles. The number of halogens is 2. The zero-order valence-corrected chi connectivity index (χ0v) is 14.5. The number of aryl methyl sites for hydroxylation is 1. The highest BCUT2D eigenvalue weighted by atomic mass is 32.1. The van der Waals surface area contributed by atoms with Gasteiger partial charge in [0.25, 0.3) is 5.91 Å². The summed E-state index contributed by atoms with van der Waals surface area (Å²) in [5.74, 6) is -3.18. The first-order chi connectivity index (χ1) is 12.0. The highest BCUT2D eigenvalue weighted by Gasteiger charge is 2.27. The van der Waals surface area contributed by atoms with E-state index in [9.17, 15) is 18.4 Å². The molecule has 1 heterocycles. The Morgan fingerprint density at radius 1 is 1.20 bits per heavy atom. The Labute approximate surface area is 147 Å². The van der Waals surface area contributed by atoms with Crippen LogP contribution in [0.25, 0.3) is 0 Å². The molecular weight excluding hydrogens is 348 g/mol. The summed E-state index contributed by atoms with van der Waals surface area (Å²) < 4.78 is 31.5. The van der Waals surface area contributed by atoms with Gasteiger partial charge in [-0.2, -0.15) is 0 Å². The maximum Gasteiger partial charge on any atom is 0.341 e. The molecule has 0 radical (unpaired) electrons. The van der Waals surface area contributed by atoms with Gasteiger partial charge >= 0.3 is 5.97 Å². The van der Waals surface area contributed by atoms with Crippen molar-refractivity contribution in [3.63, 3.8) is 0 Å². The quantitative estimate of drug-likeness (QED) is 0.821. The number of benzene rings is 1. The van der Waals surface area contributed by atoms with E-state index in [0.29, 0.717) is 10.6 Å². The summed E-state index contributed by atoms with van der Waals surface area (Å²) in [6, 6.07) is 2.93. The number of rotatable bonds is 4. The number of hydrogen-bond donors (Lipinski definition) is 1. The summed E-state index contributed by atoms with van der Waals surface area (Å²) in [4.78, 5) is 25.8. The van der Waals surface area contributed by atoms with Gasteiger partial charge < -0.3 is 10.1 Å². The molecule has 0 fully saturated rings. The van der Waals surface area contributed by atoms with Crippen molar-refractivity contribution in [1.82, 2.24) is 0 Å². The monoisotopic (exact) mass is 365 g/mol. The molecule has 3 rings (SSSR count). The molecule has 1 aromatic heterocycles. The minimum Gasteiger partial charge on any atom is -0.462 e. The van der Waals surface area contributed by atoms with Gasteiger partial charge in [0.05, 0.1) is 12.2 Å². The van der Waals surface area contributed by atoms with E-state index in [1.165, 1.54) is 17.4 Å². The smallest absolute Gasteiger partial charge is 0.341 e. The van der Waals surface area contributed by atoms with E-state index in [2.05, 4.69) is 5.32 Å². The number of ether oxygens (including phenoxy) is 1. The SMILES string of the molecule is CCOC(=O)c1c(NC(=O)c2ccc(F)c(F)c2)sc2c1CCCC2. The Morgan fingerprint density at radius 2 is 1.96 bits per heavy atom. The van der Waals surface area contributed by atoms with Crippen molar-refractivity contribution in [2.24, 2.45) is 0 Å². The van der Waals surface area contributed by atoms with Crippen LogP contribution in [-0.2, 0) is 17.6 Å². The van der Waals surface area contributed by atoms with Crippen LogP contribution in [0.2, 0.25) is 0 Å². The van der Waals surface area contributed by atoms with E-state index >= 15 is 0 Å². The highest BCUT2D eigenvalue weighted by molar-refractivity contribution is 7.17. The first kappa shape index (κ1) is 17.5. The zero-order chi connectivity index (χ0) is 18.0. The second kappa shape index (κ2) is 7.31. The molecule has 1 N–H and O–H groups in total. The molecule has 4 nitrogen and oxygen atoms in total. The number of carbonyl (C=O) groups is 2. The summed E-state index contributed by atoms with van der Waals surface area (Å²) in [7, 11) is 0. The average Bonchev–Trinajstić information content (AvgIpc) is 2.95. The van der Waals surface area contributed by atoms with E-state index in [0.717, 1.165) is 48.3 Å². The van der Waals surface area contributed by atoms with Crippen molar-refractivity contribution < 1.29 is 23.1 Å². The predicted molar refractivity (Wildman–Crippen MR) is 91.2 cm³/mol. The minimum atomic E-state index is -1.09. The Morgan fingerprint density at radius 3 is 2.68 bits per heavy atom. The molecule has 0 spiro atoms. The van der Waals surface area contributed by atoms with Crippen molar-refractivity contribution >= 4 is 28.2 Å². The van der Waals surface area contributed by atoms with Gasteiger partial charge in [-0.3, -0.25) is 4.79 Å². The Hall–Kier alpha value is -2.28. The number of esters is 1. The molecule has 25 heavy (non-hydrogen) atoms. The Kier molecular flexibility index (Phi) is 5.13. The lowest BCUT2D eigenvalue weighted by atomic mass is 9.95. The zero-order valence-electron chi connectivity index (χ0n) is 13.7. The topological polar surface area (TPSA) is 55.4 Å². The largest absolute Gasteiger partial charge is 0.462 e. The van der Waals surface area contributed by atoms with Gasteiger partial charge in [-0.25, -0.2) is 13.6 Å². The number of carbonyl (C=O) groups excluding carboxylic acids is 2. The van der Waals surface area contributed by atoms with Gasteiger partial charge in [0.2, 0.25) is 0 Å². The molecular formula is C18H17F2NO3S. The summed E-state index contributed by atoms with van der Waals surface area (Å²) in [5.41, 5.74) is 1.30. The predicted octanol–water partition coefficient (Wildman–Crippen LogP) is 4.33. The molecule has 0 saturated heterocycles. The number of anilines is 1. The van der Waals surface area contributed by atoms with Crippen LogP contribution in [0.3, 0.4) is 0 Å². The van der Waals surface area contributed by atoms with Crippen molar-refractivity contribution in [1.29, 1.82) is 0 Å². The van der Waals surface area contributed by atoms with Crippen LogP contribution in [0.15, 0.2) is 18.2 Å². The van der Waals surface area contributed by atoms with Gasteiger partial charge in [-0.1, -0.05) is 0 Å². The first-order valence-corrected chi connectivity index (χ1v) is 8.91. The standard InChI is InChI=1S/C18H17F2NO3S/c1-2-24-18(23)15-11-5-3-4-6-14(11)25-17(15)21-16(22)10-7-8-12(19)13(20)9-10/h7-9H,2-6H2,1H3,(H,21,22). The van der Waals surface area contributed by atoms with Crippen LogP contribution in [0.1, 0.15) is 50.9 Å². The first-order valence-electron chi connectivity index (χ1n) is 8.09. The second-order valence-corrected chi connectivity index (χ2v) is 6.82. The van der Waals surface area contributed by atoms with Crippen LogP contribution >= 0.6 is 11.3 Å². The van der Waals surface area contributed by atoms with Crippen LogP contribution < -0.4 is 5.32 Å².